The first-order valence-electron chi connectivity index (χ1n) is 8.88. The number of carbonyl (C=O) groups is 2. The molecular weight excluding hydrogens is 346 g/mol. The van der Waals surface area contributed by atoms with E-state index in [0.717, 1.165) is 41.8 Å². The predicted octanol–water partition coefficient (Wildman–Crippen LogP) is 4.16. The highest BCUT2D eigenvalue weighted by Crippen LogP contribution is 2.29. The minimum Gasteiger partial charge on any atom is -0.342 e. The van der Waals surface area contributed by atoms with Gasteiger partial charge in [0.1, 0.15) is 5.82 Å². The number of thiophene rings is 1. The van der Waals surface area contributed by atoms with Gasteiger partial charge in [0.15, 0.2) is 5.78 Å². The summed E-state index contributed by atoms with van der Waals surface area (Å²) >= 11 is 1.28. The standard InChI is InChI=1S/C20H21N3O2S/c1-12-5-3-7-15-18(12)22-19(21-15)14-6-4-10-23(11-14)20(25)17-9-8-16(26-17)13(2)24/h3,5,7-9,14H,4,6,10-11H2,1-2H3,(H,21,22)/t14-/m0/s1. The molecule has 1 aliphatic heterocycles. The third-order valence-corrected chi connectivity index (χ3v) is 6.17. The molecule has 1 N–H and O–H groups in total. The van der Waals surface area contributed by atoms with Crippen molar-refractivity contribution in [1.82, 2.24) is 14.9 Å². The summed E-state index contributed by atoms with van der Waals surface area (Å²) in [5, 5.41) is 0. The Morgan fingerprint density at radius 2 is 2.04 bits per heavy atom. The maximum atomic E-state index is 12.8. The number of rotatable bonds is 3. The third kappa shape index (κ3) is 3.05. The van der Waals surface area contributed by atoms with Crippen molar-refractivity contribution < 1.29 is 9.59 Å². The number of piperidine rings is 1. The number of nitrogens with zero attached hydrogens (tertiary/aromatic N) is 2. The van der Waals surface area contributed by atoms with Gasteiger partial charge in [-0.05, 0) is 50.5 Å². The van der Waals surface area contributed by atoms with Crippen molar-refractivity contribution in [3.63, 3.8) is 0 Å². The van der Waals surface area contributed by atoms with Crippen LogP contribution < -0.4 is 0 Å². The summed E-state index contributed by atoms with van der Waals surface area (Å²) in [6.45, 7) is 5.00. The predicted molar refractivity (Wildman–Crippen MR) is 103 cm³/mol. The van der Waals surface area contributed by atoms with Crippen molar-refractivity contribution in [1.29, 1.82) is 0 Å². The number of nitrogens with one attached hydrogen (secondary N) is 1. The quantitative estimate of drug-likeness (QED) is 0.707. The smallest absolute Gasteiger partial charge is 0.263 e. The summed E-state index contributed by atoms with van der Waals surface area (Å²) in [5.41, 5.74) is 3.22. The Bertz CT molecular complexity index is 988. The number of ketones is 1. The van der Waals surface area contributed by atoms with Gasteiger partial charge in [-0.15, -0.1) is 11.3 Å². The van der Waals surface area contributed by atoms with Crippen molar-refractivity contribution in [2.75, 3.05) is 13.1 Å². The van der Waals surface area contributed by atoms with Crippen LogP contribution in [-0.4, -0.2) is 39.6 Å². The minimum absolute atomic E-state index is 0.00298. The maximum absolute atomic E-state index is 12.8. The summed E-state index contributed by atoms with van der Waals surface area (Å²) in [4.78, 5) is 35.7. The van der Waals surface area contributed by atoms with Crippen LogP contribution in [0.1, 0.15) is 56.4 Å². The number of imidazole rings is 1. The van der Waals surface area contributed by atoms with Crippen LogP contribution >= 0.6 is 11.3 Å². The molecule has 2 aromatic heterocycles. The van der Waals surface area contributed by atoms with Gasteiger partial charge in [-0.2, -0.15) is 0 Å². The molecule has 3 aromatic rings. The third-order valence-electron chi connectivity index (χ3n) is 4.99. The summed E-state index contributed by atoms with van der Waals surface area (Å²) in [7, 11) is 0. The second kappa shape index (κ2) is 6.68. The summed E-state index contributed by atoms with van der Waals surface area (Å²) < 4.78 is 0. The SMILES string of the molecule is CC(=O)c1ccc(C(=O)N2CCC[C@H](c3nc4c(C)cccc4[nH]3)C2)s1. The monoisotopic (exact) mass is 367 g/mol. The number of benzene rings is 1. The number of aryl methyl sites for hydroxylation is 1. The van der Waals surface area contributed by atoms with Crippen LogP contribution in [0.5, 0.6) is 0 Å². The van der Waals surface area contributed by atoms with Crippen LogP contribution in [0.2, 0.25) is 0 Å². The van der Waals surface area contributed by atoms with Crippen molar-refractivity contribution in [3.8, 4) is 0 Å². The maximum Gasteiger partial charge on any atom is 0.263 e. The number of hydrogen-bond donors (Lipinski definition) is 1. The Labute approximate surface area is 156 Å². The number of H-pyrrole nitrogens is 1. The summed E-state index contributed by atoms with van der Waals surface area (Å²) in [6.07, 6.45) is 1.98. The van der Waals surface area contributed by atoms with Crippen LogP contribution in [0.15, 0.2) is 30.3 Å². The number of aromatic nitrogens is 2. The van der Waals surface area contributed by atoms with Gasteiger partial charge in [0.25, 0.3) is 5.91 Å². The van der Waals surface area contributed by atoms with Crippen molar-refractivity contribution in [3.05, 3.63) is 51.5 Å². The van der Waals surface area contributed by atoms with Gasteiger partial charge in [-0.3, -0.25) is 9.59 Å². The normalized spacial score (nSPS) is 17.6. The lowest BCUT2D eigenvalue weighted by molar-refractivity contribution is 0.0709. The fourth-order valence-corrected chi connectivity index (χ4v) is 4.44. The van der Waals surface area contributed by atoms with Crippen molar-refractivity contribution >= 4 is 34.1 Å². The number of aromatic amines is 1. The molecule has 5 nitrogen and oxygen atoms in total. The molecule has 134 valence electrons. The van der Waals surface area contributed by atoms with E-state index in [-0.39, 0.29) is 17.6 Å². The topological polar surface area (TPSA) is 66.1 Å². The number of carbonyl (C=O) groups excluding carboxylic acids is 2. The fourth-order valence-electron chi connectivity index (χ4n) is 3.57. The molecule has 0 bridgehead atoms. The first-order valence-corrected chi connectivity index (χ1v) is 9.70. The molecule has 1 saturated heterocycles. The van der Waals surface area contributed by atoms with Gasteiger partial charge in [0.05, 0.1) is 20.8 Å². The van der Waals surface area contributed by atoms with E-state index in [2.05, 4.69) is 18.0 Å². The molecule has 1 aliphatic rings. The zero-order chi connectivity index (χ0) is 18.3. The van der Waals surface area contributed by atoms with Crippen LogP contribution in [-0.2, 0) is 0 Å². The molecule has 1 atom stereocenters. The molecule has 0 unspecified atom stereocenters. The molecule has 4 rings (SSSR count). The second-order valence-electron chi connectivity index (χ2n) is 6.90. The van der Waals surface area contributed by atoms with Gasteiger partial charge in [-0.25, -0.2) is 4.98 Å². The zero-order valence-corrected chi connectivity index (χ0v) is 15.7. The number of amides is 1. The molecule has 6 heteroatoms. The van der Waals surface area contributed by atoms with E-state index in [1.165, 1.54) is 18.3 Å². The van der Waals surface area contributed by atoms with E-state index < -0.39 is 0 Å². The minimum atomic E-state index is 0.00298. The van der Waals surface area contributed by atoms with E-state index in [1.807, 2.05) is 17.0 Å². The van der Waals surface area contributed by atoms with Gasteiger partial charge in [0.2, 0.25) is 0 Å². The van der Waals surface area contributed by atoms with Crippen molar-refractivity contribution in [2.45, 2.75) is 32.6 Å². The largest absolute Gasteiger partial charge is 0.342 e. The van der Waals surface area contributed by atoms with Gasteiger partial charge in [0, 0.05) is 19.0 Å². The second-order valence-corrected chi connectivity index (χ2v) is 7.99. The molecule has 26 heavy (non-hydrogen) atoms. The lowest BCUT2D eigenvalue weighted by atomic mass is 9.97. The molecular formula is C20H21N3O2S. The lowest BCUT2D eigenvalue weighted by Gasteiger charge is -2.31. The highest BCUT2D eigenvalue weighted by Gasteiger charge is 2.28. The highest BCUT2D eigenvalue weighted by molar-refractivity contribution is 7.15. The summed E-state index contributed by atoms with van der Waals surface area (Å²) in [5.74, 6) is 1.19. The Morgan fingerprint density at radius 3 is 2.77 bits per heavy atom. The Balaban J connectivity index is 1.55. The molecule has 0 radical (unpaired) electrons. The van der Waals surface area contributed by atoms with E-state index in [1.54, 1.807) is 12.1 Å². The Kier molecular flexibility index (Phi) is 4.36. The van der Waals surface area contributed by atoms with E-state index in [9.17, 15) is 9.59 Å². The van der Waals surface area contributed by atoms with Crippen LogP contribution in [0.3, 0.4) is 0 Å². The lowest BCUT2D eigenvalue weighted by Crippen LogP contribution is -2.39. The first kappa shape index (κ1) is 17.0. The van der Waals surface area contributed by atoms with Gasteiger partial charge in [-0.1, -0.05) is 12.1 Å². The molecule has 1 fully saturated rings. The van der Waals surface area contributed by atoms with Crippen LogP contribution in [0.4, 0.5) is 0 Å². The molecule has 1 aromatic carbocycles. The van der Waals surface area contributed by atoms with Gasteiger partial charge >= 0.3 is 0 Å². The molecule has 3 heterocycles. The number of hydrogen-bond acceptors (Lipinski definition) is 4. The molecule has 0 aliphatic carbocycles. The first-order chi connectivity index (χ1) is 12.5. The molecule has 0 spiro atoms. The highest BCUT2D eigenvalue weighted by atomic mass is 32.1. The van der Waals surface area contributed by atoms with Crippen LogP contribution in [0, 0.1) is 6.92 Å². The molecule has 0 saturated carbocycles. The average Bonchev–Trinajstić information content (AvgIpc) is 3.29. The Hall–Kier alpha value is -2.47. The van der Waals surface area contributed by atoms with Gasteiger partial charge < -0.3 is 9.88 Å². The van der Waals surface area contributed by atoms with Crippen molar-refractivity contribution in [2.24, 2.45) is 0 Å². The number of Topliss-reactive ketones (excluding diaryl/α,β-unsaturated/α-hetero) is 1. The average molecular weight is 367 g/mol. The van der Waals surface area contributed by atoms with Crippen LogP contribution in [0.25, 0.3) is 11.0 Å². The van der Waals surface area contributed by atoms with E-state index in [4.69, 9.17) is 4.98 Å². The van der Waals surface area contributed by atoms with E-state index >= 15 is 0 Å². The zero-order valence-electron chi connectivity index (χ0n) is 14.9. The number of para-hydroxylation sites is 1. The number of fused-ring (bicyclic) bond motifs is 1. The molecule has 1 amide bonds. The number of likely N-dealkylation sites (tertiary alicyclic amines) is 1. The Morgan fingerprint density at radius 1 is 1.23 bits per heavy atom. The van der Waals surface area contributed by atoms with E-state index in [0.29, 0.717) is 16.3 Å². The fraction of sp³-hybridized carbons (Fsp3) is 0.350. The summed E-state index contributed by atoms with van der Waals surface area (Å²) in [6, 6.07) is 9.63.